The first-order chi connectivity index (χ1) is 8.34. The van der Waals surface area contributed by atoms with Crippen LogP contribution in [0.3, 0.4) is 0 Å². The second kappa shape index (κ2) is 4.74. The molecule has 0 amide bonds. The molecule has 1 aromatic heterocycles. The predicted molar refractivity (Wildman–Crippen MR) is 63.6 cm³/mol. The van der Waals surface area contributed by atoms with E-state index < -0.39 is 6.10 Å². The zero-order chi connectivity index (χ0) is 11.7. The Kier molecular flexibility index (Phi) is 3.11. The van der Waals surface area contributed by atoms with E-state index in [2.05, 4.69) is 19.7 Å². The molecule has 1 saturated heterocycles. The van der Waals surface area contributed by atoms with Gasteiger partial charge in [-0.15, -0.1) is 10.2 Å². The molecule has 1 fully saturated rings. The summed E-state index contributed by atoms with van der Waals surface area (Å²) in [5.74, 6) is 1.82. The van der Waals surface area contributed by atoms with Crippen LogP contribution in [0.15, 0.2) is 0 Å². The Hall–Kier alpha value is -0.940. The minimum absolute atomic E-state index is 0.406. The fourth-order valence-corrected chi connectivity index (χ4v) is 2.86. The maximum absolute atomic E-state index is 9.82. The molecule has 5 nitrogen and oxygen atoms in total. The summed E-state index contributed by atoms with van der Waals surface area (Å²) in [5, 5.41) is 18.2. The van der Waals surface area contributed by atoms with Gasteiger partial charge in [-0.05, 0) is 38.8 Å². The average molecular weight is 236 g/mol. The highest BCUT2D eigenvalue weighted by atomic mass is 16.3. The third-order valence-corrected chi connectivity index (χ3v) is 3.86. The zero-order valence-electron chi connectivity index (χ0n) is 10.2. The average Bonchev–Trinajstić information content (AvgIpc) is 2.95. The van der Waals surface area contributed by atoms with Crippen LogP contribution < -0.4 is 0 Å². The molecule has 1 aromatic rings. The van der Waals surface area contributed by atoms with Gasteiger partial charge in [-0.3, -0.25) is 0 Å². The lowest BCUT2D eigenvalue weighted by Gasteiger charge is -2.20. The monoisotopic (exact) mass is 236 g/mol. The Bertz CT molecular complexity index is 384. The third kappa shape index (κ3) is 2.21. The molecule has 0 bridgehead atoms. The smallest absolute Gasteiger partial charge is 0.161 e. The van der Waals surface area contributed by atoms with Gasteiger partial charge in [0.25, 0.3) is 0 Å². The van der Waals surface area contributed by atoms with E-state index in [4.69, 9.17) is 0 Å². The van der Waals surface area contributed by atoms with Crippen molar-refractivity contribution in [2.45, 2.75) is 44.8 Å². The van der Waals surface area contributed by atoms with E-state index in [1.165, 1.54) is 25.9 Å². The topological polar surface area (TPSA) is 54.2 Å². The van der Waals surface area contributed by atoms with Gasteiger partial charge in [0, 0.05) is 19.5 Å². The number of nitrogens with zero attached hydrogens (tertiary/aromatic N) is 4. The van der Waals surface area contributed by atoms with Crippen molar-refractivity contribution in [3.05, 3.63) is 11.6 Å². The van der Waals surface area contributed by atoms with Crippen LogP contribution >= 0.6 is 0 Å². The maximum Gasteiger partial charge on any atom is 0.161 e. The summed E-state index contributed by atoms with van der Waals surface area (Å²) < 4.78 is 2.12. The van der Waals surface area contributed by atoms with Crippen LogP contribution in [0.2, 0.25) is 0 Å². The van der Waals surface area contributed by atoms with Crippen LogP contribution in [-0.2, 0) is 13.0 Å². The van der Waals surface area contributed by atoms with Gasteiger partial charge in [-0.25, -0.2) is 0 Å². The van der Waals surface area contributed by atoms with Gasteiger partial charge >= 0.3 is 0 Å². The summed E-state index contributed by atoms with van der Waals surface area (Å²) in [7, 11) is 0. The molecule has 0 aromatic carbocycles. The summed E-state index contributed by atoms with van der Waals surface area (Å²) >= 11 is 0. The minimum atomic E-state index is -0.406. The van der Waals surface area contributed by atoms with Gasteiger partial charge in [0.1, 0.15) is 11.9 Å². The second-order valence-corrected chi connectivity index (χ2v) is 5.08. The fraction of sp³-hybridized carbons (Fsp3) is 0.833. The van der Waals surface area contributed by atoms with Crippen LogP contribution in [0, 0.1) is 0 Å². The van der Waals surface area contributed by atoms with Crippen LogP contribution in [0.25, 0.3) is 0 Å². The first kappa shape index (κ1) is 11.2. The second-order valence-electron chi connectivity index (χ2n) is 5.08. The van der Waals surface area contributed by atoms with Gasteiger partial charge in [-0.2, -0.15) is 0 Å². The first-order valence-electron chi connectivity index (χ1n) is 6.67. The van der Waals surface area contributed by atoms with Crippen molar-refractivity contribution in [1.82, 2.24) is 19.7 Å². The van der Waals surface area contributed by atoms with E-state index in [0.717, 1.165) is 44.0 Å². The summed E-state index contributed by atoms with van der Waals surface area (Å²) in [5.41, 5.74) is 0. The van der Waals surface area contributed by atoms with Gasteiger partial charge in [0.15, 0.2) is 5.82 Å². The number of aliphatic hydroxyl groups excluding tert-OH is 1. The fourth-order valence-electron chi connectivity index (χ4n) is 2.86. The number of likely N-dealkylation sites (tertiary alicyclic amines) is 1. The highest BCUT2D eigenvalue weighted by Crippen LogP contribution is 2.24. The van der Waals surface area contributed by atoms with Gasteiger partial charge in [-0.1, -0.05) is 0 Å². The predicted octanol–water partition coefficient (Wildman–Crippen LogP) is 0.744. The Balaban J connectivity index is 1.66. The molecule has 94 valence electrons. The highest BCUT2D eigenvalue weighted by Gasteiger charge is 2.23. The molecular formula is C12H20N4O. The van der Waals surface area contributed by atoms with E-state index in [1.807, 2.05) is 0 Å². The Morgan fingerprint density at radius 1 is 1.12 bits per heavy atom. The lowest BCUT2D eigenvalue weighted by Crippen LogP contribution is -2.24. The van der Waals surface area contributed by atoms with E-state index in [1.54, 1.807) is 0 Å². The van der Waals surface area contributed by atoms with Gasteiger partial charge in [0.05, 0.1) is 0 Å². The van der Waals surface area contributed by atoms with Crippen molar-refractivity contribution in [2.75, 3.05) is 19.6 Å². The molecule has 0 aliphatic carbocycles. The van der Waals surface area contributed by atoms with Crippen LogP contribution in [0.5, 0.6) is 0 Å². The highest BCUT2D eigenvalue weighted by molar-refractivity contribution is 5.02. The number of aliphatic hydroxyl groups is 1. The summed E-state index contributed by atoms with van der Waals surface area (Å²) in [4.78, 5) is 2.49. The Labute approximate surface area is 101 Å². The number of hydrogen-bond donors (Lipinski definition) is 1. The first-order valence-corrected chi connectivity index (χ1v) is 6.67. The summed E-state index contributed by atoms with van der Waals surface area (Å²) in [6, 6.07) is 0. The van der Waals surface area contributed by atoms with Crippen molar-refractivity contribution >= 4 is 0 Å². The van der Waals surface area contributed by atoms with Crippen molar-refractivity contribution in [1.29, 1.82) is 0 Å². The van der Waals surface area contributed by atoms with Crippen molar-refractivity contribution in [2.24, 2.45) is 0 Å². The lowest BCUT2D eigenvalue weighted by atomic mass is 10.1. The zero-order valence-corrected chi connectivity index (χ0v) is 10.2. The number of fused-ring (bicyclic) bond motifs is 1. The van der Waals surface area contributed by atoms with Gasteiger partial charge < -0.3 is 14.6 Å². The molecule has 3 rings (SSSR count). The molecule has 2 aliphatic rings. The molecule has 1 unspecified atom stereocenters. The molecule has 0 spiro atoms. The minimum Gasteiger partial charge on any atom is -0.385 e. The summed E-state index contributed by atoms with van der Waals surface area (Å²) in [6.45, 7) is 4.50. The molecule has 2 aliphatic heterocycles. The number of aromatic nitrogens is 3. The molecular weight excluding hydrogens is 216 g/mol. The van der Waals surface area contributed by atoms with Crippen molar-refractivity contribution in [3.63, 3.8) is 0 Å². The van der Waals surface area contributed by atoms with E-state index in [-0.39, 0.29) is 0 Å². The molecule has 0 radical (unpaired) electrons. The quantitative estimate of drug-likeness (QED) is 0.841. The molecule has 1 atom stereocenters. The van der Waals surface area contributed by atoms with Crippen molar-refractivity contribution in [3.8, 4) is 0 Å². The molecule has 3 heterocycles. The molecule has 0 saturated carbocycles. The SMILES string of the molecule is OC1CCCn2c(CCN3CCCC3)nnc21. The normalized spacial score (nSPS) is 25.1. The van der Waals surface area contributed by atoms with Gasteiger partial charge in [0.2, 0.25) is 0 Å². The molecule has 17 heavy (non-hydrogen) atoms. The Morgan fingerprint density at radius 2 is 1.94 bits per heavy atom. The van der Waals surface area contributed by atoms with Crippen LogP contribution in [0.1, 0.15) is 43.4 Å². The van der Waals surface area contributed by atoms with Crippen molar-refractivity contribution < 1.29 is 5.11 Å². The van der Waals surface area contributed by atoms with E-state index in [9.17, 15) is 5.11 Å². The van der Waals surface area contributed by atoms with Crippen LogP contribution in [-0.4, -0.2) is 44.4 Å². The lowest BCUT2D eigenvalue weighted by molar-refractivity contribution is 0.132. The number of hydrogen-bond acceptors (Lipinski definition) is 4. The standard InChI is InChI=1S/C12H20N4O/c17-10-4-3-8-16-11(13-14-12(10)16)5-9-15-6-1-2-7-15/h10,17H,1-9H2. The van der Waals surface area contributed by atoms with E-state index >= 15 is 0 Å². The van der Waals surface area contributed by atoms with Crippen LogP contribution in [0.4, 0.5) is 0 Å². The number of rotatable bonds is 3. The third-order valence-electron chi connectivity index (χ3n) is 3.86. The molecule has 1 N–H and O–H groups in total. The Morgan fingerprint density at radius 3 is 2.76 bits per heavy atom. The van der Waals surface area contributed by atoms with E-state index in [0.29, 0.717) is 0 Å². The maximum atomic E-state index is 9.82. The summed E-state index contributed by atoms with van der Waals surface area (Å²) in [6.07, 6.45) is 5.07. The largest absolute Gasteiger partial charge is 0.385 e. The molecule has 5 heteroatoms.